The molecule has 0 aromatic rings. The molecule has 0 aromatic heterocycles. The van der Waals surface area contributed by atoms with Gasteiger partial charge in [0.1, 0.15) is 5.60 Å². The quantitative estimate of drug-likeness (QED) is 0.761. The zero-order chi connectivity index (χ0) is 16.9. The third-order valence-corrected chi connectivity index (χ3v) is 4.54. The third-order valence-electron chi connectivity index (χ3n) is 4.54. The Kier molecular flexibility index (Phi) is 6.72. The van der Waals surface area contributed by atoms with Crippen LogP contribution in [0.2, 0.25) is 0 Å². The summed E-state index contributed by atoms with van der Waals surface area (Å²) in [6, 6.07) is 0.647. The maximum absolute atomic E-state index is 12.0. The van der Waals surface area contributed by atoms with Crippen LogP contribution in [-0.4, -0.2) is 54.5 Å². The molecule has 5 heteroatoms. The summed E-state index contributed by atoms with van der Waals surface area (Å²) in [4.78, 5) is 13.8. The second kappa shape index (κ2) is 8.34. The summed E-state index contributed by atoms with van der Waals surface area (Å²) in [7, 11) is 0. The van der Waals surface area contributed by atoms with Gasteiger partial charge in [-0.3, -0.25) is 0 Å². The molecule has 2 fully saturated rings. The molecule has 23 heavy (non-hydrogen) atoms. The highest BCUT2D eigenvalue weighted by Crippen LogP contribution is 2.27. The van der Waals surface area contributed by atoms with Crippen LogP contribution in [0.15, 0.2) is 0 Å². The van der Waals surface area contributed by atoms with Crippen LogP contribution in [0.25, 0.3) is 0 Å². The van der Waals surface area contributed by atoms with Gasteiger partial charge < -0.3 is 19.7 Å². The van der Waals surface area contributed by atoms with Crippen molar-refractivity contribution < 1.29 is 14.3 Å². The number of likely N-dealkylation sites (tertiary alicyclic amines) is 1. The van der Waals surface area contributed by atoms with Crippen molar-refractivity contribution in [3.05, 3.63) is 0 Å². The van der Waals surface area contributed by atoms with E-state index in [9.17, 15) is 4.79 Å². The molecule has 1 aliphatic carbocycles. The number of nitrogens with zero attached hydrogens (tertiary/aromatic N) is 1. The molecule has 1 saturated carbocycles. The van der Waals surface area contributed by atoms with E-state index in [-0.39, 0.29) is 6.09 Å². The number of carbonyl (C=O) groups excluding carboxylic acids is 1. The van der Waals surface area contributed by atoms with Gasteiger partial charge in [-0.25, -0.2) is 4.79 Å². The Labute approximate surface area is 141 Å². The topological polar surface area (TPSA) is 50.8 Å². The van der Waals surface area contributed by atoms with Gasteiger partial charge in [-0.05, 0) is 59.4 Å². The minimum atomic E-state index is -0.420. The van der Waals surface area contributed by atoms with Gasteiger partial charge >= 0.3 is 6.09 Å². The Morgan fingerprint density at radius 1 is 1.17 bits per heavy atom. The van der Waals surface area contributed by atoms with Crippen molar-refractivity contribution in [2.45, 2.75) is 90.1 Å². The summed E-state index contributed by atoms with van der Waals surface area (Å²) in [5, 5.41) is 3.58. The van der Waals surface area contributed by atoms with Crippen LogP contribution < -0.4 is 5.32 Å². The van der Waals surface area contributed by atoms with Crippen molar-refractivity contribution in [3.8, 4) is 0 Å². The molecule has 1 saturated heterocycles. The molecule has 0 atom stereocenters. The molecule has 2 rings (SSSR count). The minimum absolute atomic E-state index is 0.195. The van der Waals surface area contributed by atoms with Gasteiger partial charge in [0.15, 0.2) is 0 Å². The van der Waals surface area contributed by atoms with E-state index in [1.807, 2.05) is 20.8 Å². The summed E-state index contributed by atoms with van der Waals surface area (Å²) in [6.45, 7) is 10.5. The summed E-state index contributed by atoms with van der Waals surface area (Å²) in [5.41, 5.74) is -0.420. The lowest BCUT2D eigenvalue weighted by Gasteiger charge is -2.40. The summed E-state index contributed by atoms with van der Waals surface area (Å²) in [5.74, 6) is 0. The number of ether oxygens (including phenoxy) is 2. The molecule has 1 aliphatic heterocycles. The van der Waals surface area contributed by atoms with Crippen LogP contribution in [0.4, 0.5) is 4.79 Å². The summed E-state index contributed by atoms with van der Waals surface area (Å²) in [6.07, 6.45) is 7.13. The largest absolute Gasteiger partial charge is 0.444 e. The molecule has 0 unspecified atom stereocenters. The molecule has 0 aromatic carbocycles. The predicted octanol–water partition coefficient (Wildman–Crippen LogP) is 3.32. The number of rotatable bonds is 6. The highest BCUT2D eigenvalue weighted by molar-refractivity contribution is 5.68. The number of amides is 1. The molecule has 0 bridgehead atoms. The van der Waals surface area contributed by atoms with Gasteiger partial charge in [-0.2, -0.15) is 0 Å². The van der Waals surface area contributed by atoms with E-state index in [0.717, 1.165) is 45.3 Å². The van der Waals surface area contributed by atoms with Crippen molar-refractivity contribution in [1.29, 1.82) is 0 Å². The first-order valence-electron chi connectivity index (χ1n) is 9.24. The molecule has 1 N–H and O–H groups in total. The van der Waals surface area contributed by atoms with Crippen LogP contribution in [0.3, 0.4) is 0 Å². The lowest BCUT2D eigenvalue weighted by Crippen LogP contribution is -2.49. The highest BCUT2D eigenvalue weighted by atomic mass is 16.6. The maximum Gasteiger partial charge on any atom is 0.410 e. The van der Waals surface area contributed by atoms with E-state index in [0.29, 0.717) is 18.2 Å². The zero-order valence-electron chi connectivity index (χ0n) is 15.3. The molecular weight excluding hydrogens is 292 g/mol. The Hall–Kier alpha value is -0.810. The third kappa shape index (κ3) is 6.30. The van der Waals surface area contributed by atoms with Crippen LogP contribution in [0.5, 0.6) is 0 Å². The zero-order valence-corrected chi connectivity index (χ0v) is 15.3. The molecule has 5 nitrogen and oxygen atoms in total. The van der Waals surface area contributed by atoms with Gasteiger partial charge in [0.05, 0.1) is 12.2 Å². The van der Waals surface area contributed by atoms with Crippen LogP contribution in [0.1, 0.15) is 66.2 Å². The van der Waals surface area contributed by atoms with Gasteiger partial charge in [-0.15, -0.1) is 0 Å². The van der Waals surface area contributed by atoms with E-state index in [1.165, 1.54) is 12.8 Å². The fourth-order valence-corrected chi connectivity index (χ4v) is 3.10. The van der Waals surface area contributed by atoms with E-state index < -0.39 is 5.60 Å². The average molecular weight is 326 g/mol. The SMILES string of the molecule is CCCCNC1CC(OC2CCN(C(=O)OC(C)(C)C)CC2)C1. The molecule has 1 amide bonds. The van der Waals surface area contributed by atoms with E-state index >= 15 is 0 Å². The molecule has 134 valence electrons. The molecular formula is C18H34N2O3. The van der Waals surface area contributed by atoms with Gasteiger partial charge in [0, 0.05) is 19.1 Å². The fraction of sp³-hybridized carbons (Fsp3) is 0.944. The second-order valence-corrected chi connectivity index (χ2v) is 7.90. The Balaban J connectivity index is 1.58. The van der Waals surface area contributed by atoms with Crippen molar-refractivity contribution in [2.75, 3.05) is 19.6 Å². The smallest absolute Gasteiger partial charge is 0.410 e. The van der Waals surface area contributed by atoms with Crippen LogP contribution >= 0.6 is 0 Å². The van der Waals surface area contributed by atoms with Crippen LogP contribution in [0, 0.1) is 0 Å². The lowest BCUT2D eigenvalue weighted by atomic mass is 9.88. The van der Waals surface area contributed by atoms with Crippen LogP contribution in [-0.2, 0) is 9.47 Å². The van der Waals surface area contributed by atoms with Crippen molar-refractivity contribution in [3.63, 3.8) is 0 Å². The first-order valence-corrected chi connectivity index (χ1v) is 9.24. The summed E-state index contributed by atoms with van der Waals surface area (Å²) >= 11 is 0. The lowest BCUT2D eigenvalue weighted by molar-refractivity contribution is -0.0843. The van der Waals surface area contributed by atoms with Crippen molar-refractivity contribution in [1.82, 2.24) is 10.2 Å². The predicted molar refractivity (Wildman–Crippen MR) is 91.6 cm³/mol. The number of unbranched alkanes of at least 4 members (excludes halogenated alkanes) is 1. The standard InChI is InChI=1S/C18H34N2O3/c1-5-6-9-19-14-12-16(13-14)22-15-7-10-20(11-8-15)17(21)23-18(2,3)4/h14-16,19H,5-13H2,1-4H3. The Morgan fingerprint density at radius 3 is 2.39 bits per heavy atom. The van der Waals surface area contributed by atoms with E-state index in [4.69, 9.17) is 9.47 Å². The second-order valence-electron chi connectivity index (χ2n) is 7.90. The number of hydrogen-bond acceptors (Lipinski definition) is 4. The number of piperidine rings is 1. The summed E-state index contributed by atoms with van der Waals surface area (Å²) < 4.78 is 11.6. The molecule has 0 radical (unpaired) electrons. The fourth-order valence-electron chi connectivity index (χ4n) is 3.10. The number of hydrogen-bond donors (Lipinski definition) is 1. The van der Waals surface area contributed by atoms with Crippen molar-refractivity contribution in [2.24, 2.45) is 0 Å². The first kappa shape index (κ1) is 18.5. The number of nitrogens with one attached hydrogen (secondary N) is 1. The van der Waals surface area contributed by atoms with Gasteiger partial charge in [0.25, 0.3) is 0 Å². The minimum Gasteiger partial charge on any atom is -0.444 e. The number of carbonyl (C=O) groups is 1. The highest BCUT2D eigenvalue weighted by Gasteiger charge is 2.33. The molecule has 1 heterocycles. The maximum atomic E-state index is 12.0. The normalized spacial score (nSPS) is 26.0. The van der Waals surface area contributed by atoms with Gasteiger partial charge in [0.2, 0.25) is 0 Å². The Morgan fingerprint density at radius 2 is 1.83 bits per heavy atom. The van der Waals surface area contributed by atoms with Crippen molar-refractivity contribution >= 4 is 6.09 Å². The van der Waals surface area contributed by atoms with E-state index in [2.05, 4.69) is 12.2 Å². The van der Waals surface area contributed by atoms with Gasteiger partial charge in [-0.1, -0.05) is 13.3 Å². The Bertz CT molecular complexity index is 367. The monoisotopic (exact) mass is 326 g/mol. The van der Waals surface area contributed by atoms with E-state index in [1.54, 1.807) is 4.90 Å². The first-order chi connectivity index (χ1) is 10.9. The molecule has 2 aliphatic rings. The molecule has 0 spiro atoms. The average Bonchev–Trinajstić information content (AvgIpc) is 2.43.